The highest BCUT2D eigenvalue weighted by Crippen LogP contribution is 2.60. The molecule has 0 aliphatic rings. The Morgan fingerprint density at radius 2 is 1.62 bits per heavy atom. The molecule has 24 heavy (non-hydrogen) atoms. The van der Waals surface area contributed by atoms with Crippen molar-refractivity contribution in [1.29, 1.82) is 0 Å². The Morgan fingerprint density at radius 1 is 1.04 bits per heavy atom. The Morgan fingerprint density at radius 3 is 2.17 bits per heavy atom. The van der Waals surface area contributed by atoms with Crippen LogP contribution in [0.1, 0.15) is 44.6 Å². The number of aryl methyl sites for hydroxylation is 1. The predicted molar refractivity (Wildman–Crippen MR) is 87.0 cm³/mol. The van der Waals surface area contributed by atoms with Crippen LogP contribution < -0.4 is 17.0 Å². The molecule has 0 aliphatic heterocycles. The number of rotatable bonds is 10. The first kappa shape index (κ1) is 23.7. The van der Waals surface area contributed by atoms with Crippen molar-refractivity contribution in [2.45, 2.75) is 57.4 Å². The molecular formula is C14H26ClNO6P2. The fourth-order valence-electron chi connectivity index (χ4n) is 2.38. The predicted octanol–water partition coefficient (Wildman–Crippen LogP) is -0.827. The number of halogens is 1. The molecule has 1 aromatic heterocycles. The van der Waals surface area contributed by atoms with Crippen LogP contribution >= 0.6 is 15.2 Å². The van der Waals surface area contributed by atoms with E-state index in [1.807, 2.05) is 10.8 Å². The molecule has 0 saturated carbocycles. The third kappa shape index (κ3) is 8.72. The van der Waals surface area contributed by atoms with Crippen molar-refractivity contribution in [1.82, 2.24) is 0 Å². The Balaban J connectivity index is 0.00000529. The highest BCUT2D eigenvalue weighted by molar-refractivity contribution is 7.70. The maximum atomic E-state index is 11.3. The van der Waals surface area contributed by atoms with Gasteiger partial charge in [0.15, 0.2) is 17.8 Å². The molecule has 0 bridgehead atoms. The minimum absolute atomic E-state index is 0. The Bertz CT molecular complexity index is 566. The molecule has 0 aromatic carbocycles. The van der Waals surface area contributed by atoms with Crippen LogP contribution in [-0.4, -0.2) is 25.0 Å². The molecule has 0 radical (unpaired) electrons. The lowest BCUT2D eigenvalue weighted by molar-refractivity contribution is -0.697. The summed E-state index contributed by atoms with van der Waals surface area (Å²) in [5.74, 6) is 0. The zero-order chi connectivity index (χ0) is 17.5. The first-order valence-electron chi connectivity index (χ1n) is 7.73. The quantitative estimate of drug-likeness (QED) is 0.231. The van der Waals surface area contributed by atoms with E-state index in [4.69, 9.17) is 0 Å². The maximum Gasteiger partial charge on any atom is 0.341 e. The number of hydrogen-bond acceptors (Lipinski definition) is 2. The van der Waals surface area contributed by atoms with E-state index >= 15 is 0 Å². The van der Waals surface area contributed by atoms with E-state index in [9.17, 15) is 28.7 Å². The average Bonchev–Trinajstić information content (AvgIpc) is 2.43. The third-order valence-electron chi connectivity index (χ3n) is 3.63. The van der Waals surface area contributed by atoms with Crippen molar-refractivity contribution in [2.75, 3.05) is 0 Å². The normalized spacial score (nSPS) is 12.2. The van der Waals surface area contributed by atoms with Crippen LogP contribution in [0.2, 0.25) is 0 Å². The van der Waals surface area contributed by atoms with E-state index < -0.39 is 20.6 Å². The lowest BCUT2D eigenvalue weighted by atomic mass is 10.1. The first-order chi connectivity index (χ1) is 10.6. The summed E-state index contributed by atoms with van der Waals surface area (Å²) in [5, 5.41) is -1.99. The molecule has 140 valence electrons. The van der Waals surface area contributed by atoms with Gasteiger partial charge in [-0.15, -0.1) is 0 Å². The van der Waals surface area contributed by atoms with Gasteiger partial charge >= 0.3 is 15.2 Å². The van der Waals surface area contributed by atoms with Crippen LogP contribution in [0, 0.1) is 0 Å². The van der Waals surface area contributed by atoms with Crippen molar-refractivity contribution in [3.05, 3.63) is 30.1 Å². The van der Waals surface area contributed by atoms with E-state index in [1.54, 1.807) is 18.3 Å². The largest absolute Gasteiger partial charge is 1.00 e. The molecule has 0 saturated heterocycles. The van der Waals surface area contributed by atoms with Crippen molar-refractivity contribution in [2.24, 2.45) is 0 Å². The summed E-state index contributed by atoms with van der Waals surface area (Å²) < 4.78 is 24.6. The summed E-state index contributed by atoms with van der Waals surface area (Å²) in [6.45, 7) is 2.92. The zero-order valence-corrected chi connectivity index (χ0v) is 16.2. The van der Waals surface area contributed by atoms with Crippen molar-refractivity contribution in [3.63, 3.8) is 0 Å². The van der Waals surface area contributed by atoms with Gasteiger partial charge in [0.2, 0.25) is 0 Å². The lowest BCUT2D eigenvalue weighted by Crippen LogP contribution is -3.00. The molecular weight excluding hydrogens is 376 g/mol. The topological polar surface area (TPSA) is 119 Å². The molecule has 0 aliphatic carbocycles. The summed E-state index contributed by atoms with van der Waals surface area (Å²) in [6.07, 6.45) is 8.84. The van der Waals surface area contributed by atoms with E-state index in [-0.39, 0.29) is 18.8 Å². The molecule has 1 heterocycles. The molecule has 1 aromatic rings. The van der Waals surface area contributed by atoms with Crippen molar-refractivity contribution >= 4 is 15.2 Å². The molecule has 0 fully saturated rings. The number of aromatic nitrogens is 1. The van der Waals surface area contributed by atoms with Crippen LogP contribution in [0.3, 0.4) is 0 Å². The van der Waals surface area contributed by atoms with E-state index in [0.29, 0.717) is 5.56 Å². The van der Waals surface area contributed by atoms with Crippen LogP contribution in [0.15, 0.2) is 24.5 Å². The molecule has 4 N–H and O–H groups in total. The summed E-state index contributed by atoms with van der Waals surface area (Å²) in [7, 11) is -9.77. The van der Waals surface area contributed by atoms with Gasteiger partial charge in [-0.25, -0.2) is 4.57 Å². The first-order valence-corrected chi connectivity index (χ1v) is 11.1. The van der Waals surface area contributed by atoms with Gasteiger partial charge in [-0.2, -0.15) is 0 Å². The molecule has 0 unspecified atom stereocenters. The highest BCUT2D eigenvalue weighted by Gasteiger charge is 2.43. The number of pyridine rings is 1. The van der Waals surface area contributed by atoms with Crippen LogP contribution in [0.4, 0.5) is 0 Å². The second kappa shape index (κ2) is 10.7. The van der Waals surface area contributed by atoms with Gasteiger partial charge in [-0.05, 0) is 12.5 Å². The van der Waals surface area contributed by atoms with Crippen molar-refractivity contribution in [3.8, 4) is 0 Å². The SMILES string of the molecule is CCCCCCC[n+]1cccc(CC(P(=O)(O)O)P(=O)(O)O)c1.[Cl-]. The molecule has 7 nitrogen and oxygen atoms in total. The smallest absolute Gasteiger partial charge is 0.341 e. The number of nitrogens with zero attached hydrogens (tertiary/aromatic N) is 1. The Labute approximate surface area is 148 Å². The Kier molecular flexibility index (Phi) is 10.6. The average molecular weight is 402 g/mol. The molecule has 10 heteroatoms. The van der Waals surface area contributed by atoms with Gasteiger partial charge in [0.05, 0.1) is 0 Å². The van der Waals surface area contributed by atoms with Gasteiger partial charge in [0.25, 0.3) is 0 Å². The summed E-state index contributed by atoms with van der Waals surface area (Å²) in [5.41, 5.74) is 0.498. The van der Waals surface area contributed by atoms with Crippen LogP contribution in [-0.2, 0) is 22.1 Å². The van der Waals surface area contributed by atoms with Crippen LogP contribution in [0.25, 0.3) is 0 Å². The second-order valence-corrected chi connectivity index (χ2v) is 9.74. The van der Waals surface area contributed by atoms with Gasteiger partial charge in [0, 0.05) is 24.5 Å². The summed E-state index contributed by atoms with van der Waals surface area (Å²) >= 11 is 0. The minimum Gasteiger partial charge on any atom is -1.00 e. The maximum absolute atomic E-state index is 11.3. The van der Waals surface area contributed by atoms with E-state index in [0.717, 1.165) is 19.4 Å². The fraction of sp³-hybridized carbons (Fsp3) is 0.643. The second-order valence-electron chi connectivity index (χ2n) is 5.73. The van der Waals surface area contributed by atoms with E-state index in [2.05, 4.69) is 6.92 Å². The van der Waals surface area contributed by atoms with Gasteiger partial charge < -0.3 is 32.0 Å². The number of hydrogen-bond donors (Lipinski definition) is 4. The fourth-order valence-corrected chi connectivity index (χ4v) is 4.84. The van der Waals surface area contributed by atoms with E-state index in [1.165, 1.54) is 19.3 Å². The molecule has 0 amide bonds. The van der Waals surface area contributed by atoms with Gasteiger partial charge in [-0.1, -0.05) is 26.2 Å². The standard InChI is InChI=1S/C14H25NO6P2.ClH/c1-2-3-4-5-6-9-15-10-7-8-13(12-15)11-14(22(16,17)18)23(19,20)21;/h7-8,10,12,14H,2-6,9,11H2,1H3,(H3-,16,17,18,19,20,21);1H. The molecule has 1 rings (SSSR count). The lowest BCUT2D eigenvalue weighted by Gasteiger charge is -2.18. The monoisotopic (exact) mass is 401 g/mol. The van der Waals surface area contributed by atoms with Gasteiger partial charge in [0.1, 0.15) is 6.54 Å². The third-order valence-corrected chi connectivity index (χ3v) is 7.36. The minimum atomic E-state index is -4.88. The number of unbranched alkanes of at least 4 members (excludes halogenated alkanes) is 4. The van der Waals surface area contributed by atoms with Crippen LogP contribution in [0.5, 0.6) is 0 Å². The summed E-state index contributed by atoms with van der Waals surface area (Å²) in [4.78, 5) is 36.7. The molecule has 0 atom stereocenters. The van der Waals surface area contributed by atoms with Gasteiger partial charge in [-0.3, -0.25) is 9.13 Å². The zero-order valence-electron chi connectivity index (χ0n) is 13.7. The molecule has 0 spiro atoms. The van der Waals surface area contributed by atoms with Crippen molar-refractivity contribution < 1.29 is 45.7 Å². The Hall–Kier alpha value is -0.260. The summed E-state index contributed by atoms with van der Waals surface area (Å²) in [6, 6.07) is 3.34. The highest BCUT2D eigenvalue weighted by atomic mass is 35.5.